The van der Waals surface area contributed by atoms with Gasteiger partial charge >= 0.3 is 0 Å². The second-order valence-electron chi connectivity index (χ2n) is 4.93. The van der Waals surface area contributed by atoms with E-state index in [2.05, 4.69) is 4.98 Å². The minimum atomic E-state index is -2.80. The fourth-order valence-electron chi connectivity index (χ4n) is 2.57. The van der Waals surface area contributed by atoms with E-state index in [1.807, 2.05) is 0 Å². The van der Waals surface area contributed by atoms with Gasteiger partial charge in [0.15, 0.2) is 5.78 Å². The molecule has 0 spiro atoms. The first-order valence-corrected chi connectivity index (χ1v) is 6.39. The first-order chi connectivity index (χ1) is 12.0. The highest BCUT2D eigenvalue weighted by Crippen LogP contribution is 2.24. The molecule has 1 aromatic heterocycles. The molecule has 1 aliphatic carbocycles. The van der Waals surface area contributed by atoms with Crippen LogP contribution in [-0.4, -0.2) is 21.1 Å². The first kappa shape index (κ1) is 8.71. The summed E-state index contributed by atoms with van der Waals surface area (Å²) in [6.45, 7) is -2.80. The van der Waals surface area contributed by atoms with Gasteiger partial charge in [-0.1, -0.05) is 6.04 Å². The van der Waals surface area contributed by atoms with Crippen LogP contribution in [-0.2, 0) is 9.59 Å². The van der Waals surface area contributed by atoms with Gasteiger partial charge in [0.1, 0.15) is 11.6 Å². The number of aromatic nitrogens is 2. The number of ketones is 2. The summed E-state index contributed by atoms with van der Waals surface area (Å²) in [5.41, 5.74) is 4.52. The highest BCUT2D eigenvalue weighted by Gasteiger charge is 2.30. The van der Waals surface area contributed by atoms with Gasteiger partial charge < -0.3 is 5.73 Å². The zero-order valence-corrected chi connectivity index (χ0v) is 11.0. The van der Waals surface area contributed by atoms with Crippen LogP contribution in [0.25, 0.3) is 10.9 Å². The third-order valence-electron chi connectivity index (χ3n) is 3.58. The molecule has 1 heterocycles. The first-order valence-electron chi connectivity index (χ1n) is 8.89. The summed E-state index contributed by atoms with van der Waals surface area (Å²) in [6, 6.07) is -0.705. The summed E-state index contributed by atoms with van der Waals surface area (Å²) in [5.74, 6) is -1.42. The summed E-state index contributed by atoms with van der Waals surface area (Å²) in [7, 11) is 0. The minimum absolute atomic E-state index is 0.00198. The molecule has 2 aromatic rings. The van der Waals surface area contributed by atoms with Gasteiger partial charge in [0.05, 0.1) is 26.1 Å². The largest absolute Gasteiger partial charge is 0.398 e. The Kier molecular flexibility index (Phi) is 1.99. The molecule has 0 saturated heterocycles. The number of fused-ring (bicyclic) bond motifs is 1. The molecule has 1 saturated carbocycles. The lowest BCUT2D eigenvalue weighted by atomic mass is 9.92. The topological polar surface area (TPSA) is 95.0 Å². The zero-order chi connectivity index (χ0) is 19.4. The van der Waals surface area contributed by atoms with E-state index < -0.39 is 30.1 Å². The molecule has 3 rings (SSSR count). The van der Waals surface area contributed by atoms with Crippen LogP contribution in [0.4, 0.5) is 5.69 Å². The van der Waals surface area contributed by atoms with Gasteiger partial charge in [-0.05, 0) is 25.4 Å². The fraction of sp³-hybridized carbons (Fsp3) is 0.333. The summed E-state index contributed by atoms with van der Waals surface area (Å²) < 4.78 is 39.3. The third-order valence-corrected chi connectivity index (χ3v) is 3.58. The molecule has 0 aliphatic heterocycles. The van der Waals surface area contributed by atoms with E-state index >= 15 is 0 Å². The monoisotopic (exact) mass is 290 g/mol. The number of nitrogens with zero attached hydrogens (tertiary/aromatic N) is 2. The van der Waals surface area contributed by atoms with Crippen molar-refractivity contribution < 1.29 is 16.4 Å². The number of anilines is 1. The number of carbonyl (C=O) groups is 2. The third kappa shape index (κ3) is 2.12. The van der Waals surface area contributed by atoms with Crippen LogP contribution in [0, 0.1) is 6.85 Å². The van der Waals surface area contributed by atoms with E-state index in [9.17, 15) is 14.4 Å². The Morgan fingerprint density at radius 1 is 1.48 bits per heavy atom. The van der Waals surface area contributed by atoms with E-state index in [0.717, 1.165) is 10.6 Å². The molecule has 21 heavy (non-hydrogen) atoms. The van der Waals surface area contributed by atoms with Crippen molar-refractivity contribution in [1.29, 1.82) is 0 Å². The van der Waals surface area contributed by atoms with E-state index in [4.69, 9.17) is 12.6 Å². The quantitative estimate of drug-likeness (QED) is 0.628. The van der Waals surface area contributed by atoms with Crippen molar-refractivity contribution in [1.82, 2.24) is 9.55 Å². The van der Waals surface area contributed by atoms with Gasteiger partial charge in [-0.2, -0.15) is 0 Å². The van der Waals surface area contributed by atoms with Crippen molar-refractivity contribution in [3.8, 4) is 0 Å². The maximum atomic E-state index is 13.0. The van der Waals surface area contributed by atoms with Crippen molar-refractivity contribution in [2.45, 2.75) is 32.2 Å². The molecule has 1 unspecified atom stereocenters. The predicted octanol–water partition coefficient (Wildman–Crippen LogP) is 1.15. The second-order valence-corrected chi connectivity index (χ2v) is 4.93. The smallest absolute Gasteiger partial charge is 0.264 e. The lowest BCUT2D eigenvalue weighted by Crippen LogP contribution is -2.36. The van der Waals surface area contributed by atoms with Crippen molar-refractivity contribution in [2.75, 3.05) is 5.73 Å². The van der Waals surface area contributed by atoms with Gasteiger partial charge in [0.25, 0.3) is 5.56 Å². The van der Waals surface area contributed by atoms with Crippen LogP contribution < -0.4 is 11.3 Å². The average molecular weight is 290 g/mol. The SMILES string of the molecule is [2H]c1cc2nc(C([2H])([2H])[2H])n(C3CCC(=O)CC3=O)c(=O)c2c(N)c1[2H]. The number of nitrogen functional groups attached to an aromatic ring is 1. The number of aryl methyl sites for hydroxylation is 1. The van der Waals surface area contributed by atoms with Crippen molar-refractivity contribution in [3.63, 3.8) is 0 Å². The van der Waals surface area contributed by atoms with Gasteiger partial charge in [-0.15, -0.1) is 0 Å². The number of carbonyl (C=O) groups excluding carboxylic acids is 2. The molecule has 0 amide bonds. The molecule has 1 fully saturated rings. The lowest BCUT2D eigenvalue weighted by molar-refractivity contribution is -0.132. The summed E-state index contributed by atoms with van der Waals surface area (Å²) in [4.78, 5) is 40.8. The normalized spacial score (nSPS) is 23.2. The number of rotatable bonds is 1. The van der Waals surface area contributed by atoms with Crippen LogP contribution >= 0.6 is 0 Å². The lowest BCUT2D eigenvalue weighted by Gasteiger charge is -2.24. The Labute approximate surface area is 127 Å². The average Bonchev–Trinajstić information content (AvgIpc) is 2.52. The van der Waals surface area contributed by atoms with Gasteiger partial charge in [-0.3, -0.25) is 19.0 Å². The molecule has 2 N–H and O–H groups in total. The Hall–Kier alpha value is -2.50. The van der Waals surface area contributed by atoms with E-state index in [1.165, 1.54) is 0 Å². The zero-order valence-electron chi connectivity index (χ0n) is 16.0. The van der Waals surface area contributed by atoms with E-state index in [0.29, 0.717) is 0 Å². The van der Waals surface area contributed by atoms with Crippen molar-refractivity contribution in [2.24, 2.45) is 0 Å². The van der Waals surface area contributed by atoms with E-state index in [-0.39, 0.29) is 53.7 Å². The second kappa shape index (κ2) is 4.80. The van der Waals surface area contributed by atoms with Crippen LogP contribution in [0.15, 0.2) is 22.9 Å². The van der Waals surface area contributed by atoms with Crippen molar-refractivity contribution >= 4 is 28.2 Å². The molecule has 1 atom stereocenters. The molecular formula is C15H15N3O3. The Bertz CT molecular complexity index is 1010. The summed E-state index contributed by atoms with van der Waals surface area (Å²) in [6.07, 6.45) is -0.329. The predicted molar refractivity (Wildman–Crippen MR) is 78.1 cm³/mol. The Morgan fingerprint density at radius 2 is 2.29 bits per heavy atom. The maximum absolute atomic E-state index is 13.0. The van der Waals surface area contributed by atoms with Gasteiger partial charge in [0, 0.05) is 16.2 Å². The number of nitrogens with two attached hydrogens (primary N) is 1. The number of benzene rings is 1. The van der Waals surface area contributed by atoms with Crippen LogP contribution in [0.3, 0.4) is 0 Å². The Balaban J connectivity index is 2.40. The van der Waals surface area contributed by atoms with Gasteiger partial charge in [0.2, 0.25) is 0 Å². The van der Waals surface area contributed by atoms with Crippen LogP contribution in [0.5, 0.6) is 0 Å². The summed E-state index contributed by atoms with van der Waals surface area (Å²) in [5, 5.41) is -0.205. The highest BCUT2D eigenvalue weighted by molar-refractivity contribution is 6.03. The fourth-order valence-corrected chi connectivity index (χ4v) is 2.57. The number of Topliss-reactive ketones (excluding diaryl/α,β-unsaturated/α-hetero) is 2. The molecule has 1 aliphatic rings. The number of hydrogen-bond donors (Lipinski definition) is 1. The standard InChI is InChI=1S/C15H15N3O3/c1-8-17-11-4-2-3-10(16)14(11)15(21)18(8)12-6-5-9(19)7-13(12)20/h2-4,12H,5-7,16H2,1H3/i1D3,2D,3D. The maximum Gasteiger partial charge on any atom is 0.264 e. The van der Waals surface area contributed by atoms with Crippen LogP contribution in [0.1, 0.15) is 38.0 Å². The minimum Gasteiger partial charge on any atom is -0.398 e. The molecule has 1 aromatic carbocycles. The molecule has 6 nitrogen and oxygen atoms in total. The van der Waals surface area contributed by atoms with Gasteiger partial charge in [-0.25, -0.2) is 4.98 Å². The molecular weight excluding hydrogens is 270 g/mol. The van der Waals surface area contributed by atoms with Crippen LogP contribution in [0.2, 0.25) is 0 Å². The molecule has 0 radical (unpaired) electrons. The molecule has 6 heteroatoms. The summed E-state index contributed by atoms with van der Waals surface area (Å²) >= 11 is 0. The Morgan fingerprint density at radius 3 is 3.00 bits per heavy atom. The highest BCUT2D eigenvalue weighted by atomic mass is 16.2. The van der Waals surface area contributed by atoms with Crippen molar-refractivity contribution in [3.05, 3.63) is 34.3 Å². The molecule has 108 valence electrons. The van der Waals surface area contributed by atoms with E-state index in [1.54, 1.807) is 0 Å². The molecule has 0 bridgehead atoms. The number of hydrogen-bond acceptors (Lipinski definition) is 5.